The van der Waals surface area contributed by atoms with E-state index in [2.05, 4.69) is 21.8 Å². The first kappa shape index (κ1) is 26.2. The third-order valence-electron chi connectivity index (χ3n) is 6.85. The van der Waals surface area contributed by atoms with Gasteiger partial charge in [0.15, 0.2) is 5.78 Å². The molecule has 0 aliphatic carbocycles. The Bertz CT molecular complexity index is 1500. The lowest BCUT2D eigenvalue weighted by molar-refractivity contribution is -0.114. The topological polar surface area (TPSA) is 58.1 Å². The first-order chi connectivity index (χ1) is 19.0. The molecule has 0 bridgehead atoms. The highest BCUT2D eigenvalue weighted by Gasteiger charge is 2.17. The van der Waals surface area contributed by atoms with Crippen molar-refractivity contribution in [1.29, 1.82) is 0 Å². The number of anilines is 3. The SMILES string of the molecule is C=CC(=O)Cc1cccc(-c2nc(Nc3ccc(F)c(N4CCCCC4)c3)ncc2Cc2cccc(F)c2)c1. The number of allylic oxidation sites excluding steroid dienone is 1. The molecule has 0 saturated carbocycles. The average molecular weight is 525 g/mol. The van der Waals surface area contributed by atoms with Crippen LogP contribution < -0.4 is 10.2 Å². The second-order valence-electron chi connectivity index (χ2n) is 9.76. The molecule has 198 valence electrons. The van der Waals surface area contributed by atoms with Gasteiger partial charge in [0, 0.05) is 48.9 Å². The van der Waals surface area contributed by atoms with Crippen molar-refractivity contribution in [2.45, 2.75) is 32.1 Å². The van der Waals surface area contributed by atoms with Crippen molar-refractivity contribution < 1.29 is 13.6 Å². The molecular weight excluding hydrogens is 494 g/mol. The van der Waals surface area contributed by atoms with E-state index in [0.29, 0.717) is 29.4 Å². The summed E-state index contributed by atoms with van der Waals surface area (Å²) in [7, 11) is 0. The zero-order valence-electron chi connectivity index (χ0n) is 21.7. The van der Waals surface area contributed by atoms with Crippen LogP contribution in [0.5, 0.6) is 0 Å². The number of carbonyl (C=O) groups is 1. The Morgan fingerprint density at radius 3 is 2.56 bits per heavy atom. The van der Waals surface area contributed by atoms with Crippen LogP contribution in [0.3, 0.4) is 0 Å². The molecule has 1 N–H and O–H groups in total. The fourth-order valence-electron chi connectivity index (χ4n) is 4.91. The number of ketones is 1. The molecule has 0 unspecified atom stereocenters. The lowest BCUT2D eigenvalue weighted by atomic mass is 9.98. The highest BCUT2D eigenvalue weighted by Crippen LogP contribution is 2.30. The van der Waals surface area contributed by atoms with Gasteiger partial charge in [-0.15, -0.1) is 0 Å². The Kier molecular flexibility index (Phi) is 8.06. The number of nitrogens with one attached hydrogen (secondary N) is 1. The summed E-state index contributed by atoms with van der Waals surface area (Å²) in [6.07, 6.45) is 6.97. The van der Waals surface area contributed by atoms with Crippen molar-refractivity contribution in [2.24, 2.45) is 0 Å². The molecule has 1 fully saturated rings. The number of halogens is 2. The Hall–Kier alpha value is -4.39. The van der Waals surface area contributed by atoms with E-state index in [0.717, 1.165) is 54.6 Å². The fraction of sp³-hybridized carbons (Fsp3) is 0.219. The number of aromatic nitrogens is 2. The summed E-state index contributed by atoms with van der Waals surface area (Å²) in [4.78, 5) is 23.4. The quantitative estimate of drug-likeness (QED) is 0.238. The third-order valence-corrected chi connectivity index (χ3v) is 6.85. The lowest BCUT2D eigenvalue weighted by Gasteiger charge is -2.29. The number of piperidine rings is 1. The monoisotopic (exact) mass is 524 g/mol. The third kappa shape index (κ3) is 6.55. The summed E-state index contributed by atoms with van der Waals surface area (Å²) in [6.45, 7) is 5.23. The van der Waals surface area contributed by atoms with Gasteiger partial charge in [-0.1, -0.05) is 36.9 Å². The summed E-state index contributed by atoms with van der Waals surface area (Å²) in [5.41, 5.74) is 5.19. The molecular formula is C32H30F2N4O. The Morgan fingerprint density at radius 1 is 0.974 bits per heavy atom. The molecule has 4 aromatic rings. The first-order valence-electron chi connectivity index (χ1n) is 13.1. The van der Waals surface area contributed by atoms with E-state index in [1.54, 1.807) is 24.4 Å². The molecule has 1 saturated heterocycles. The Morgan fingerprint density at radius 2 is 1.77 bits per heavy atom. The van der Waals surface area contributed by atoms with Crippen LogP contribution in [-0.2, 0) is 17.6 Å². The summed E-state index contributed by atoms with van der Waals surface area (Å²) >= 11 is 0. The molecule has 1 aromatic heterocycles. The van der Waals surface area contributed by atoms with Crippen LogP contribution in [0.4, 0.5) is 26.1 Å². The van der Waals surface area contributed by atoms with Gasteiger partial charge in [-0.2, -0.15) is 0 Å². The molecule has 0 radical (unpaired) electrons. The zero-order chi connectivity index (χ0) is 27.2. The first-order valence-corrected chi connectivity index (χ1v) is 13.1. The number of hydrogen-bond acceptors (Lipinski definition) is 5. The van der Waals surface area contributed by atoms with Gasteiger partial charge in [0.1, 0.15) is 11.6 Å². The van der Waals surface area contributed by atoms with Crippen LogP contribution in [0, 0.1) is 11.6 Å². The Labute approximate surface area is 227 Å². The molecule has 5 nitrogen and oxygen atoms in total. The second-order valence-corrected chi connectivity index (χ2v) is 9.76. The Balaban J connectivity index is 1.49. The molecule has 7 heteroatoms. The fourth-order valence-corrected chi connectivity index (χ4v) is 4.91. The molecule has 0 atom stereocenters. The van der Waals surface area contributed by atoms with Gasteiger partial charge in [0.2, 0.25) is 5.95 Å². The van der Waals surface area contributed by atoms with Crippen molar-refractivity contribution in [3.8, 4) is 11.3 Å². The maximum absolute atomic E-state index is 14.7. The van der Waals surface area contributed by atoms with Crippen LogP contribution in [0.25, 0.3) is 11.3 Å². The van der Waals surface area contributed by atoms with E-state index in [1.165, 1.54) is 24.3 Å². The largest absolute Gasteiger partial charge is 0.369 e. The van der Waals surface area contributed by atoms with Gasteiger partial charge in [0.05, 0.1) is 11.4 Å². The summed E-state index contributed by atoms with van der Waals surface area (Å²) in [5.74, 6) is -0.269. The van der Waals surface area contributed by atoms with E-state index >= 15 is 0 Å². The molecule has 5 rings (SSSR count). The van der Waals surface area contributed by atoms with Gasteiger partial charge < -0.3 is 10.2 Å². The lowest BCUT2D eigenvalue weighted by Crippen LogP contribution is -2.30. The van der Waals surface area contributed by atoms with Crippen molar-refractivity contribution in [2.75, 3.05) is 23.3 Å². The average Bonchev–Trinajstić information content (AvgIpc) is 2.95. The normalized spacial score (nSPS) is 13.2. The predicted octanol–water partition coefficient (Wildman–Crippen LogP) is 7.04. The van der Waals surface area contributed by atoms with Crippen molar-refractivity contribution in [3.63, 3.8) is 0 Å². The second kappa shape index (κ2) is 12.0. The van der Waals surface area contributed by atoms with E-state index in [4.69, 9.17) is 4.98 Å². The van der Waals surface area contributed by atoms with Gasteiger partial charge in [-0.3, -0.25) is 4.79 Å². The molecule has 1 aliphatic rings. The van der Waals surface area contributed by atoms with Gasteiger partial charge >= 0.3 is 0 Å². The smallest absolute Gasteiger partial charge is 0.227 e. The zero-order valence-corrected chi connectivity index (χ0v) is 21.7. The minimum absolute atomic E-state index is 0.0713. The van der Waals surface area contributed by atoms with Gasteiger partial charge in [-0.05, 0) is 72.9 Å². The standard InChI is InChI=1S/C32H30F2N4O/c1-2-28(39)19-23-8-6-10-24(16-23)31-25(17-22-9-7-11-26(33)18-22)21-35-32(37-31)36-27-12-13-29(34)30(20-27)38-14-4-3-5-15-38/h2,6-13,16,18,20-21H,1,3-5,14-15,17,19H2,(H,35,36,37). The highest BCUT2D eigenvalue weighted by atomic mass is 19.1. The van der Waals surface area contributed by atoms with Crippen molar-refractivity contribution in [1.82, 2.24) is 9.97 Å². The maximum Gasteiger partial charge on any atom is 0.227 e. The van der Waals surface area contributed by atoms with Gasteiger partial charge in [0.25, 0.3) is 0 Å². The number of hydrogen-bond donors (Lipinski definition) is 1. The minimum atomic E-state index is -0.306. The maximum atomic E-state index is 14.7. The van der Waals surface area contributed by atoms with E-state index in [1.807, 2.05) is 30.3 Å². The van der Waals surface area contributed by atoms with Crippen molar-refractivity contribution in [3.05, 3.63) is 114 Å². The predicted molar refractivity (Wildman–Crippen MR) is 151 cm³/mol. The number of nitrogens with zero attached hydrogens (tertiary/aromatic N) is 3. The number of carbonyl (C=O) groups excluding carboxylic acids is 1. The summed E-state index contributed by atoms with van der Waals surface area (Å²) < 4.78 is 28.6. The molecule has 2 heterocycles. The summed E-state index contributed by atoms with van der Waals surface area (Å²) in [5, 5.41) is 3.23. The summed E-state index contributed by atoms with van der Waals surface area (Å²) in [6, 6.07) is 19.0. The van der Waals surface area contributed by atoms with E-state index in [-0.39, 0.29) is 23.8 Å². The van der Waals surface area contributed by atoms with E-state index < -0.39 is 0 Å². The molecule has 0 amide bonds. The van der Waals surface area contributed by atoms with Crippen molar-refractivity contribution >= 4 is 23.1 Å². The van der Waals surface area contributed by atoms with Gasteiger partial charge in [-0.25, -0.2) is 18.7 Å². The molecule has 0 spiro atoms. The number of rotatable bonds is 9. The molecule has 1 aliphatic heterocycles. The van der Waals surface area contributed by atoms with Crippen LogP contribution in [0.1, 0.15) is 36.0 Å². The highest BCUT2D eigenvalue weighted by molar-refractivity contribution is 5.91. The van der Waals surface area contributed by atoms with Crippen LogP contribution in [0.2, 0.25) is 0 Å². The van der Waals surface area contributed by atoms with E-state index in [9.17, 15) is 13.6 Å². The van der Waals surface area contributed by atoms with Crippen LogP contribution >= 0.6 is 0 Å². The molecule has 3 aromatic carbocycles. The minimum Gasteiger partial charge on any atom is -0.369 e. The molecule has 39 heavy (non-hydrogen) atoms. The van der Waals surface area contributed by atoms with Crippen LogP contribution in [0.15, 0.2) is 85.6 Å². The number of benzene rings is 3. The van der Waals surface area contributed by atoms with Crippen LogP contribution in [-0.4, -0.2) is 28.8 Å².